The first-order chi connectivity index (χ1) is 12.1. The maximum atomic E-state index is 12.9. The number of rotatable bonds is 10. The minimum Gasteiger partial charge on any atom is -0.356 e. The second kappa shape index (κ2) is 10.3. The maximum Gasteiger partial charge on any atom is 0.226 e. The summed E-state index contributed by atoms with van der Waals surface area (Å²) in [6.07, 6.45) is 3.49. The van der Waals surface area contributed by atoms with Crippen LogP contribution < -0.4 is 5.32 Å². The molecule has 1 aromatic carbocycles. The quantitative estimate of drug-likeness (QED) is 0.383. The highest BCUT2D eigenvalue weighted by molar-refractivity contribution is 8.01. The monoisotopic (exact) mass is 380 g/mol. The summed E-state index contributed by atoms with van der Waals surface area (Å²) in [6, 6.07) is 5.51. The van der Waals surface area contributed by atoms with Crippen molar-refractivity contribution in [1.82, 2.24) is 10.3 Å². The van der Waals surface area contributed by atoms with Gasteiger partial charge in [0.25, 0.3) is 0 Å². The second-order valence-electron chi connectivity index (χ2n) is 5.56. The van der Waals surface area contributed by atoms with Gasteiger partial charge in [-0.05, 0) is 30.7 Å². The van der Waals surface area contributed by atoms with Crippen molar-refractivity contribution in [2.24, 2.45) is 0 Å². The summed E-state index contributed by atoms with van der Waals surface area (Å²) in [5, 5.41) is 4.73. The Morgan fingerprint density at radius 2 is 2.00 bits per heavy atom. The number of halogens is 1. The fourth-order valence-corrected chi connectivity index (χ4v) is 3.85. The highest BCUT2D eigenvalue weighted by Crippen LogP contribution is 2.24. The molecular formula is C18H21FN2O2S2. The predicted molar refractivity (Wildman–Crippen MR) is 99.8 cm³/mol. The van der Waals surface area contributed by atoms with Crippen molar-refractivity contribution in [2.75, 3.05) is 12.3 Å². The Bertz CT molecular complexity index is 701. The van der Waals surface area contributed by atoms with Gasteiger partial charge in [-0.15, -0.1) is 11.3 Å². The normalized spacial score (nSPS) is 10.6. The molecule has 0 fully saturated rings. The molecule has 0 atom stereocenters. The number of aromatic nitrogens is 1. The van der Waals surface area contributed by atoms with Crippen molar-refractivity contribution in [1.29, 1.82) is 0 Å². The molecule has 1 aromatic heterocycles. The van der Waals surface area contributed by atoms with Crippen molar-refractivity contribution in [3.63, 3.8) is 0 Å². The van der Waals surface area contributed by atoms with Crippen LogP contribution in [-0.2, 0) is 11.2 Å². The second-order valence-corrected chi connectivity index (χ2v) is 7.64. The van der Waals surface area contributed by atoms with Gasteiger partial charge in [-0.3, -0.25) is 9.59 Å². The van der Waals surface area contributed by atoms with E-state index in [1.807, 2.05) is 5.38 Å². The van der Waals surface area contributed by atoms with Gasteiger partial charge < -0.3 is 5.32 Å². The van der Waals surface area contributed by atoms with Crippen LogP contribution in [0.15, 0.2) is 34.0 Å². The summed E-state index contributed by atoms with van der Waals surface area (Å²) >= 11 is 2.76. The van der Waals surface area contributed by atoms with Gasteiger partial charge in [-0.25, -0.2) is 9.37 Å². The molecule has 1 N–H and O–H groups in total. The van der Waals surface area contributed by atoms with E-state index in [9.17, 15) is 14.0 Å². The van der Waals surface area contributed by atoms with Crippen LogP contribution in [0.1, 0.15) is 42.2 Å². The van der Waals surface area contributed by atoms with E-state index in [4.69, 9.17) is 0 Å². The van der Waals surface area contributed by atoms with Crippen LogP contribution in [0.25, 0.3) is 0 Å². The molecule has 0 saturated heterocycles. The molecule has 0 unspecified atom stereocenters. The van der Waals surface area contributed by atoms with Crippen LogP contribution >= 0.6 is 23.1 Å². The molecule has 0 aliphatic heterocycles. The van der Waals surface area contributed by atoms with Gasteiger partial charge in [0, 0.05) is 17.5 Å². The third kappa shape index (κ3) is 6.96. The molecule has 134 valence electrons. The number of hydrogen-bond acceptors (Lipinski definition) is 5. The Morgan fingerprint density at radius 1 is 1.24 bits per heavy atom. The Kier molecular flexibility index (Phi) is 8.08. The van der Waals surface area contributed by atoms with E-state index >= 15 is 0 Å². The number of benzene rings is 1. The van der Waals surface area contributed by atoms with Crippen molar-refractivity contribution in [2.45, 2.75) is 36.9 Å². The van der Waals surface area contributed by atoms with E-state index in [2.05, 4.69) is 17.2 Å². The standard InChI is InChI=1S/C18H21FN2O2S2/c1-2-3-4-9-20-17(23)10-15-11-24-18(21-15)25-12-16(22)13-5-7-14(19)8-6-13/h5-8,11H,2-4,9-10,12H2,1H3,(H,20,23). The van der Waals surface area contributed by atoms with Crippen LogP contribution in [0.5, 0.6) is 0 Å². The lowest BCUT2D eigenvalue weighted by molar-refractivity contribution is -0.120. The van der Waals surface area contributed by atoms with Crippen molar-refractivity contribution in [3.8, 4) is 0 Å². The van der Waals surface area contributed by atoms with Crippen molar-refractivity contribution >= 4 is 34.8 Å². The number of thioether (sulfide) groups is 1. The third-order valence-corrected chi connectivity index (χ3v) is 5.54. The molecule has 2 rings (SSSR count). The molecule has 25 heavy (non-hydrogen) atoms. The molecule has 2 aromatic rings. The average Bonchev–Trinajstić information content (AvgIpc) is 3.04. The number of carbonyl (C=O) groups is 2. The molecule has 0 saturated carbocycles. The number of ketones is 1. The first-order valence-electron chi connectivity index (χ1n) is 8.21. The van der Waals surface area contributed by atoms with Crippen LogP contribution in [0, 0.1) is 5.82 Å². The lowest BCUT2D eigenvalue weighted by Gasteiger charge is -2.02. The summed E-state index contributed by atoms with van der Waals surface area (Å²) in [6.45, 7) is 2.82. The van der Waals surface area contributed by atoms with E-state index in [1.54, 1.807) is 0 Å². The number of unbranched alkanes of at least 4 members (excludes halogenated alkanes) is 2. The Balaban J connectivity index is 1.76. The highest BCUT2D eigenvalue weighted by atomic mass is 32.2. The number of carbonyl (C=O) groups excluding carboxylic acids is 2. The summed E-state index contributed by atoms with van der Waals surface area (Å²) in [7, 11) is 0. The summed E-state index contributed by atoms with van der Waals surface area (Å²) in [5.41, 5.74) is 1.20. The van der Waals surface area contributed by atoms with Crippen molar-refractivity contribution < 1.29 is 14.0 Å². The van der Waals surface area contributed by atoms with Gasteiger partial charge in [0.2, 0.25) is 5.91 Å². The van der Waals surface area contributed by atoms with E-state index in [0.29, 0.717) is 12.1 Å². The summed E-state index contributed by atoms with van der Waals surface area (Å²) < 4.78 is 13.6. The molecule has 0 aliphatic carbocycles. The number of nitrogens with one attached hydrogen (secondary N) is 1. The van der Waals surface area contributed by atoms with Gasteiger partial charge >= 0.3 is 0 Å². The van der Waals surface area contributed by atoms with Crippen LogP contribution in [-0.4, -0.2) is 29.0 Å². The van der Waals surface area contributed by atoms with Crippen molar-refractivity contribution in [3.05, 3.63) is 46.7 Å². The van der Waals surface area contributed by atoms with E-state index in [1.165, 1.54) is 47.4 Å². The lowest BCUT2D eigenvalue weighted by Crippen LogP contribution is -2.26. The molecule has 0 spiro atoms. The van der Waals surface area contributed by atoms with Crippen LogP contribution in [0.4, 0.5) is 4.39 Å². The fraction of sp³-hybridized carbons (Fsp3) is 0.389. The number of nitrogens with zero attached hydrogens (tertiary/aromatic N) is 1. The minimum absolute atomic E-state index is 0.0275. The molecule has 1 heterocycles. The van der Waals surface area contributed by atoms with Gasteiger partial charge in [-0.2, -0.15) is 0 Å². The first kappa shape index (κ1) is 19.6. The van der Waals surface area contributed by atoms with Gasteiger partial charge in [0.15, 0.2) is 10.1 Å². The summed E-state index contributed by atoms with van der Waals surface area (Å²) in [5.74, 6) is -0.223. The molecule has 0 aliphatic rings. The number of thiazole rings is 1. The van der Waals surface area contributed by atoms with E-state index in [0.717, 1.165) is 29.3 Å². The highest BCUT2D eigenvalue weighted by Gasteiger charge is 2.11. The molecule has 0 bridgehead atoms. The number of hydrogen-bond donors (Lipinski definition) is 1. The molecular weight excluding hydrogens is 359 g/mol. The molecule has 0 radical (unpaired) electrons. The number of Topliss-reactive ketones (excluding diaryl/α,β-unsaturated/α-hetero) is 1. The maximum absolute atomic E-state index is 12.9. The average molecular weight is 381 g/mol. The fourth-order valence-electron chi connectivity index (χ4n) is 2.11. The van der Waals surface area contributed by atoms with E-state index in [-0.39, 0.29) is 29.7 Å². The Morgan fingerprint density at radius 3 is 2.72 bits per heavy atom. The Hall–Kier alpha value is -1.73. The summed E-state index contributed by atoms with van der Waals surface area (Å²) in [4.78, 5) is 28.3. The van der Waals surface area contributed by atoms with Gasteiger partial charge in [-0.1, -0.05) is 31.5 Å². The zero-order chi connectivity index (χ0) is 18.1. The van der Waals surface area contributed by atoms with Gasteiger partial charge in [0.05, 0.1) is 17.9 Å². The third-order valence-electron chi connectivity index (χ3n) is 3.47. The molecule has 1 amide bonds. The molecule has 7 heteroatoms. The zero-order valence-corrected chi connectivity index (χ0v) is 15.7. The SMILES string of the molecule is CCCCCNC(=O)Cc1csc(SCC(=O)c2ccc(F)cc2)n1. The van der Waals surface area contributed by atoms with Gasteiger partial charge in [0.1, 0.15) is 5.82 Å². The lowest BCUT2D eigenvalue weighted by atomic mass is 10.1. The first-order valence-corrected chi connectivity index (χ1v) is 10.1. The van der Waals surface area contributed by atoms with E-state index < -0.39 is 0 Å². The van der Waals surface area contributed by atoms with Crippen LogP contribution in [0.2, 0.25) is 0 Å². The predicted octanol–water partition coefficient (Wildman–Crippen LogP) is 4.11. The van der Waals surface area contributed by atoms with Crippen LogP contribution in [0.3, 0.4) is 0 Å². The minimum atomic E-state index is -0.360. The molecule has 4 nitrogen and oxygen atoms in total. The Labute approximate surface area is 155 Å². The zero-order valence-electron chi connectivity index (χ0n) is 14.1. The largest absolute Gasteiger partial charge is 0.356 e. The number of amides is 1. The smallest absolute Gasteiger partial charge is 0.226 e. The topological polar surface area (TPSA) is 59.1 Å².